The zero-order valence-corrected chi connectivity index (χ0v) is 12.0. The molecule has 1 N–H and O–H groups in total. The summed E-state index contributed by atoms with van der Waals surface area (Å²) in [5.74, 6) is 0.726. The van der Waals surface area contributed by atoms with Gasteiger partial charge in [-0.15, -0.1) is 0 Å². The first-order valence-corrected chi connectivity index (χ1v) is 7.35. The molecular formula is C16H23NO3. The van der Waals surface area contributed by atoms with Gasteiger partial charge in [0.15, 0.2) is 6.61 Å². The number of hydrogen-bond donors (Lipinski definition) is 1. The summed E-state index contributed by atoms with van der Waals surface area (Å²) in [5, 5.41) is 9.43. The number of carbonyl (C=O) groups is 1. The number of likely N-dealkylation sites (tertiary alicyclic amines) is 1. The molecule has 1 aliphatic heterocycles. The maximum absolute atomic E-state index is 12.1. The first kappa shape index (κ1) is 14.9. The summed E-state index contributed by atoms with van der Waals surface area (Å²) in [5.41, 5.74) is 0.844. The molecule has 1 amide bonds. The predicted molar refractivity (Wildman–Crippen MR) is 77.6 cm³/mol. The molecule has 1 fully saturated rings. The standard InChI is InChI=1S/C16H23NO3/c1-13(18)14-6-8-15(9-7-14)20-12-16(19)17-10-4-2-3-5-11-17/h6-9,13,18H,2-5,10-12H2,1H3/t13-/m1/s1. The average Bonchev–Trinajstić information content (AvgIpc) is 2.74. The van der Waals surface area contributed by atoms with Crippen LogP contribution in [-0.4, -0.2) is 35.6 Å². The van der Waals surface area contributed by atoms with Gasteiger partial charge in [0.05, 0.1) is 6.10 Å². The van der Waals surface area contributed by atoms with Gasteiger partial charge in [0.2, 0.25) is 0 Å². The van der Waals surface area contributed by atoms with E-state index in [-0.39, 0.29) is 12.5 Å². The Morgan fingerprint density at radius 3 is 2.35 bits per heavy atom. The summed E-state index contributed by atoms with van der Waals surface area (Å²) in [6, 6.07) is 7.21. The van der Waals surface area contributed by atoms with Crippen LogP contribution in [-0.2, 0) is 4.79 Å². The Labute approximate surface area is 120 Å². The molecule has 0 spiro atoms. The molecule has 110 valence electrons. The molecule has 0 bridgehead atoms. The molecule has 1 aromatic rings. The van der Waals surface area contributed by atoms with E-state index in [1.807, 2.05) is 17.0 Å². The SMILES string of the molecule is C[C@@H](O)c1ccc(OCC(=O)N2CCCCCC2)cc1. The van der Waals surface area contributed by atoms with Crippen LogP contribution in [0.25, 0.3) is 0 Å². The molecule has 4 heteroatoms. The van der Waals surface area contributed by atoms with Crippen molar-refractivity contribution in [3.05, 3.63) is 29.8 Å². The van der Waals surface area contributed by atoms with E-state index in [0.29, 0.717) is 5.75 Å². The lowest BCUT2D eigenvalue weighted by Crippen LogP contribution is -2.35. The molecule has 0 saturated carbocycles. The minimum atomic E-state index is -0.484. The summed E-state index contributed by atoms with van der Waals surface area (Å²) >= 11 is 0. The summed E-state index contributed by atoms with van der Waals surface area (Å²) in [7, 11) is 0. The number of rotatable bonds is 4. The van der Waals surface area contributed by atoms with E-state index in [0.717, 1.165) is 31.5 Å². The number of aliphatic hydroxyl groups excluding tert-OH is 1. The summed E-state index contributed by atoms with van der Waals surface area (Å²) in [6.45, 7) is 3.51. The van der Waals surface area contributed by atoms with Crippen LogP contribution in [0.15, 0.2) is 24.3 Å². The highest BCUT2D eigenvalue weighted by atomic mass is 16.5. The highest BCUT2D eigenvalue weighted by Gasteiger charge is 2.15. The lowest BCUT2D eigenvalue weighted by Gasteiger charge is -2.20. The predicted octanol–water partition coefficient (Wildman–Crippen LogP) is 2.52. The van der Waals surface area contributed by atoms with Gasteiger partial charge in [-0.1, -0.05) is 25.0 Å². The Bertz CT molecular complexity index is 420. The van der Waals surface area contributed by atoms with Crippen molar-refractivity contribution < 1.29 is 14.6 Å². The van der Waals surface area contributed by atoms with Crippen molar-refractivity contribution in [2.75, 3.05) is 19.7 Å². The first-order valence-electron chi connectivity index (χ1n) is 7.35. The topological polar surface area (TPSA) is 49.8 Å². The van der Waals surface area contributed by atoms with Crippen LogP contribution in [0.5, 0.6) is 5.75 Å². The van der Waals surface area contributed by atoms with Gasteiger partial charge in [-0.05, 0) is 37.5 Å². The van der Waals surface area contributed by atoms with E-state index in [1.165, 1.54) is 12.8 Å². The lowest BCUT2D eigenvalue weighted by molar-refractivity contribution is -0.133. The van der Waals surface area contributed by atoms with Crippen molar-refractivity contribution in [3.63, 3.8) is 0 Å². The van der Waals surface area contributed by atoms with Gasteiger partial charge in [-0.3, -0.25) is 4.79 Å². The van der Waals surface area contributed by atoms with Gasteiger partial charge in [-0.2, -0.15) is 0 Å². The van der Waals surface area contributed by atoms with Crippen LogP contribution in [0.2, 0.25) is 0 Å². The third-order valence-corrected chi connectivity index (χ3v) is 3.68. The van der Waals surface area contributed by atoms with Crippen LogP contribution in [0.3, 0.4) is 0 Å². The molecule has 1 atom stereocenters. The van der Waals surface area contributed by atoms with Crippen LogP contribution in [0.1, 0.15) is 44.3 Å². The molecule has 1 heterocycles. The maximum Gasteiger partial charge on any atom is 0.260 e. The first-order chi connectivity index (χ1) is 9.66. The van der Waals surface area contributed by atoms with E-state index in [1.54, 1.807) is 19.1 Å². The second kappa shape index (κ2) is 7.29. The highest BCUT2D eigenvalue weighted by Crippen LogP contribution is 2.17. The minimum Gasteiger partial charge on any atom is -0.484 e. The van der Waals surface area contributed by atoms with Crippen molar-refractivity contribution in [1.29, 1.82) is 0 Å². The molecule has 20 heavy (non-hydrogen) atoms. The summed E-state index contributed by atoms with van der Waals surface area (Å²) in [6.07, 6.45) is 4.13. The summed E-state index contributed by atoms with van der Waals surface area (Å²) in [4.78, 5) is 14.0. The molecule has 1 aromatic carbocycles. The van der Waals surface area contributed by atoms with Gasteiger partial charge in [-0.25, -0.2) is 0 Å². The van der Waals surface area contributed by atoms with E-state index in [4.69, 9.17) is 4.74 Å². The van der Waals surface area contributed by atoms with Crippen molar-refractivity contribution in [2.24, 2.45) is 0 Å². The second-order valence-corrected chi connectivity index (χ2v) is 5.33. The van der Waals surface area contributed by atoms with Crippen LogP contribution in [0, 0.1) is 0 Å². The average molecular weight is 277 g/mol. The third-order valence-electron chi connectivity index (χ3n) is 3.68. The van der Waals surface area contributed by atoms with Crippen molar-refractivity contribution >= 4 is 5.91 Å². The molecule has 0 unspecified atom stereocenters. The van der Waals surface area contributed by atoms with E-state index < -0.39 is 6.10 Å². The van der Waals surface area contributed by atoms with Gasteiger partial charge < -0.3 is 14.7 Å². The molecular weight excluding hydrogens is 254 g/mol. The van der Waals surface area contributed by atoms with Crippen LogP contribution >= 0.6 is 0 Å². The highest BCUT2D eigenvalue weighted by molar-refractivity contribution is 5.77. The fraction of sp³-hybridized carbons (Fsp3) is 0.562. The summed E-state index contributed by atoms with van der Waals surface area (Å²) < 4.78 is 5.52. The number of ether oxygens (including phenoxy) is 1. The third kappa shape index (κ3) is 4.23. The van der Waals surface area contributed by atoms with Gasteiger partial charge in [0.1, 0.15) is 5.75 Å². The smallest absolute Gasteiger partial charge is 0.260 e. The minimum absolute atomic E-state index is 0.0616. The Balaban J connectivity index is 1.83. The Morgan fingerprint density at radius 2 is 1.80 bits per heavy atom. The zero-order chi connectivity index (χ0) is 14.4. The van der Waals surface area contributed by atoms with E-state index in [9.17, 15) is 9.90 Å². The number of carbonyl (C=O) groups excluding carboxylic acids is 1. The fourth-order valence-electron chi connectivity index (χ4n) is 2.40. The van der Waals surface area contributed by atoms with Gasteiger partial charge in [0.25, 0.3) is 5.91 Å². The largest absolute Gasteiger partial charge is 0.484 e. The number of nitrogens with zero attached hydrogens (tertiary/aromatic N) is 1. The molecule has 0 aromatic heterocycles. The number of amides is 1. The molecule has 2 rings (SSSR count). The van der Waals surface area contributed by atoms with Gasteiger partial charge in [0, 0.05) is 13.1 Å². The monoisotopic (exact) mass is 277 g/mol. The maximum atomic E-state index is 12.1. The van der Waals surface area contributed by atoms with Crippen LogP contribution in [0.4, 0.5) is 0 Å². The molecule has 1 saturated heterocycles. The second-order valence-electron chi connectivity index (χ2n) is 5.33. The van der Waals surface area contributed by atoms with Crippen LogP contribution < -0.4 is 4.74 Å². The molecule has 1 aliphatic rings. The van der Waals surface area contributed by atoms with Crippen molar-refractivity contribution in [2.45, 2.75) is 38.7 Å². The number of aliphatic hydroxyl groups is 1. The number of benzene rings is 1. The molecule has 0 radical (unpaired) electrons. The van der Waals surface area contributed by atoms with E-state index >= 15 is 0 Å². The van der Waals surface area contributed by atoms with Crippen molar-refractivity contribution in [1.82, 2.24) is 4.90 Å². The number of hydrogen-bond acceptors (Lipinski definition) is 3. The van der Waals surface area contributed by atoms with Crippen molar-refractivity contribution in [3.8, 4) is 5.75 Å². The Morgan fingerprint density at radius 1 is 1.20 bits per heavy atom. The Kier molecular flexibility index (Phi) is 5.41. The molecule has 4 nitrogen and oxygen atoms in total. The zero-order valence-electron chi connectivity index (χ0n) is 12.0. The normalized spacial score (nSPS) is 17.4. The van der Waals surface area contributed by atoms with Gasteiger partial charge >= 0.3 is 0 Å². The Hall–Kier alpha value is -1.55. The quantitative estimate of drug-likeness (QED) is 0.920. The fourth-order valence-corrected chi connectivity index (χ4v) is 2.40. The van der Waals surface area contributed by atoms with E-state index in [2.05, 4.69) is 0 Å². The molecule has 0 aliphatic carbocycles. The lowest BCUT2D eigenvalue weighted by atomic mass is 10.1.